The molecule has 116 valence electrons. The third-order valence-electron chi connectivity index (χ3n) is 3.23. The molecule has 2 aromatic rings. The van der Waals surface area contributed by atoms with Crippen molar-refractivity contribution in [3.8, 4) is 0 Å². The van der Waals surface area contributed by atoms with Crippen LogP contribution in [0, 0.1) is 13.8 Å². The Hall–Kier alpha value is -2.28. The molecule has 0 aromatic carbocycles. The van der Waals surface area contributed by atoms with Crippen LogP contribution in [-0.2, 0) is 5.54 Å². The summed E-state index contributed by atoms with van der Waals surface area (Å²) >= 11 is 1.55. The summed E-state index contributed by atoms with van der Waals surface area (Å²) in [5.74, 6) is -1.44. The van der Waals surface area contributed by atoms with Crippen molar-refractivity contribution in [1.82, 2.24) is 15.3 Å². The zero-order valence-corrected chi connectivity index (χ0v) is 13.6. The van der Waals surface area contributed by atoms with Crippen LogP contribution in [0.5, 0.6) is 0 Å². The SMILES string of the molecule is Cc1nc(C(C)(C)NC(=O)c2ccc(C(=O)O)nc2)sc1C. The molecule has 0 aliphatic heterocycles. The van der Waals surface area contributed by atoms with E-state index in [4.69, 9.17) is 5.11 Å². The van der Waals surface area contributed by atoms with Crippen LogP contribution in [-0.4, -0.2) is 27.0 Å². The Morgan fingerprint density at radius 3 is 2.41 bits per heavy atom. The summed E-state index contributed by atoms with van der Waals surface area (Å²) in [5.41, 5.74) is 0.548. The number of thiazole rings is 1. The van der Waals surface area contributed by atoms with Gasteiger partial charge in [-0.1, -0.05) is 0 Å². The van der Waals surface area contributed by atoms with Crippen molar-refractivity contribution in [2.24, 2.45) is 0 Å². The number of aromatic carboxylic acids is 1. The van der Waals surface area contributed by atoms with Crippen molar-refractivity contribution >= 4 is 23.2 Å². The van der Waals surface area contributed by atoms with Gasteiger partial charge in [-0.05, 0) is 39.8 Å². The highest BCUT2D eigenvalue weighted by Crippen LogP contribution is 2.27. The van der Waals surface area contributed by atoms with Gasteiger partial charge in [0.2, 0.25) is 0 Å². The number of amides is 1. The molecule has 6 nitrogen and oxygen atoms in total. The number of carboxylic acid groups (broad SMARTS) is 1. The average Bonchev–Trinajstić information content (AvgIpc) is 2.79. The minimum Gasteiger partial charge on any atom is -0.477 e. The Morgan fingerprint density at radius 2 is 1.95 bits per heavy atom. The summed E-state index contributed by atoms with van der Waals surface area (Å²) in [6, 6.07) is 2.75. The van der Waals surface area contributed by atoms with E-state index < -0.39 is 11.5 Å². The fraction of sp³-hybridized carbons (Fsp3) is 0.333. The molecule has 0 unspecified atom stereocenters. The molecular formula is C15H17N3O3S. The van der Waals surface area contributed by atoms with Gasteiger partial charge in [-0.3, -0.25) is 4.79 Å². The zero-order chi connectivity index (χ0) is 16.5. The second kappa shape index (κ2) is 5.84. The summed E-state index contributed by atoms with van der Waals surface area (Å²) in [5, 5.41) is 12.5. The number of pyridine rings is 1. The second-order valence-electron chi connectivity index (χ2n) is 5.48. The van der Waals surface area contributed by atoms with Gasteiger partial charge < -0.3 is 10.4 Å². The van der Waals surface area contributed by atoms with E-state index in [9.17, 15) is 9.59 Å². The van der Waals surface area contributed by atoms with Crippen LogP contribution in [0.3, 0.4) is 0 Å². The van der Waals surface area contributed by atoms with Gasteiger partial charge >= 0.3 is 5.97 Å². The first kappa shape index (κ1) is 16.1. The van der Waals surface area contributed by atoms with E-state index in [1.54, 1.807) is 11.3 Å². The Balaban J connectivity index is 2.18. The number of carbonyl (C=O) groups is 2. The predicted octanol–water partition coefficient (Wildman–Crippen LogP) is 2.52. The molecule has 1 amide bonds. The lowest BCUT2D eigenvalue weighted by molar-refractivity contribution is 0.0689. The molecule has 2 heterocycles. The predicted molar refractivity (Wildman–Crippen MR) is 83.3 cm³/mol. The summed E-state index contributed by atoms with van der Waals surface area (Å²) in [4.78, 5) is 32.4. The van der Waals surface area contributed by atoms with Crippen molar-refractivity contribution < 1.29 is 14.7 Å². The minimum absolute atomic E-state index is 0.0954. The molecule has 0 atom stereocenters. The molecule has 0 aliphatic carbocycles. The molecule has 0 spiro atoms. The van der Waals surface area contributed by atoms with E-state index in [0.29, 0.717) is 5.56 Å². The lowest BCUT2D eigenvalue weighted by Crippen LogP contribution is -2.41. The maximum atomic E-state index is 12.3. The first-order chi connectivity index (χ1) is 10.2. The topological polar surface area (TPSA) is 92.2 Å². The Labute approximate surface area is 132 Å². The molecule has 0 fully saturated rings. The molecule has 22 heavy (non-hydrogen) atoms. The molecule has 0 bridgehead atoms. The van der Waals surface area contributed by atoms with Gasteiger partial charge in [0.05, 0.1) is 16.8 Å². The van der Waals surface area contributed by atoms with E-state index in [-0.39, 0.29) is 11.6 Å². The summed E-state index contributed by atoms with van der Waals surface area (Å²) in [6.45, 7) is 7.67. The van der Waals surface area contributed by atoms with E-state index >= 15 is 0 Å². The van der Waals surface area contributed by atoms with Crippen LogP contribution < -0.4 is 5.32 Å². The molecule has 0 radical (unpaired) electrons. The minimum atomic E-state index is -1.12. The number of carbonyl (C=O) groups excluding carboxylic acids is 1. The average molecular weight is 319 g/mol. The van der Waals surface area contributed by atoms with Crippen molar-refractivity contribution in [2.75, 3.05) is 0 Å². The maximum absolute atomic E-state index is 12.3. The van der Waals surface area contributed by atoms with Gasteiger partial charge in [-0.15, -0.1) is 11.3 Å². The Kier molecular flexibility index (Phi) is 4.27. The fourth-order valence-corrected chi connectivity index (χ4v) is 2.78. The van der Waals surface area contributed by atoms with Crippen molar-refractivity contribution in [3.05, 3.63) is 45.2 Å². The largest absolute Gasteiger partial charge is 0.477 e. The van der Waals surface area contributed by atoms with E-state index in [0.717, 1.165) is 15.6 Å². The third kappa shape index (κ3) is 3.30. The Bertz CT molecular complexity index is 701. The number of nitrogens with zero attached hydrogens (tertiary/aromatic N) is 2. The molecule has 0 saturated carbocycles. The van der Waals surface area contributed by atoms with E-state index in [2.05, 4.69) is 15.3 Å². The van der Waals surface area contributed by atoms with Gasteiger partial charge in [0.1, 0.15) is 10.7 Å². The summed E-state index contributed by atoms with van der Waals surface area (Å²) in [6.07, 6.45) is 1.26. The standard InChI is InChI=1S/C15H17N3O3S/c1-8-9(2)22-14(17-8)15(3,4)18-12(19)10-5-6-11(13(20)21)16-7-10/h5-7H,1-4H3,(H,18,19)(H,20,21). The van der Waals surface area contributed by atoms with Crippen molar-refractivity contribution in [3.63, 3.8) is 0 Å². The van der Waals surface area contributed by atoms with Gasteiger partial charge in [0, 0.05) is 11.1 Å². The van der Waals surface area contributed by atoms with Crippen LogP contribution in [0.2, 0.25) is 0 Å². The number of carboxylic acids is 1. The van der Waals surface area contributed by atoms with Crippen LogP contribution >= 0.6 is 11.3 Å². The van der Waals surface area contributed by atoms with Crippen molar-refractivity contribution in [1.29, 1.82) is 0 Å². The van der Waals surface area contributed by atoms with Gasteiger partial charge in [-0.25, -0.2) is 14.8 Å². The zero-order valence-electron chi connectivity index (χ0n) is 12.8. The van der Waals surface area contributed by atoms with Crippen LogP contribution in [0.4, 0.5) is 0 Å². The first-order valence-electron chi connectivity index (χ1n) is 6.67. The lowest BCUT2D eigenvalue weighted by Gasteiger charge is -2.23. The van der Waals surface area contributed by atoms with Gasteiger partial charge in [-0.2, -0.15) is 0 Å². The lowest BCUT2D eigenvalue weighted by atomic mass is 10.1. The third-order valence-corrected chi connectivity index (χ3v) is 4.63. The van der Waals surface area contributed by atoms with Gasteiger partial charge in [0.25, 0.3) is 5.91 Å². The van der Waals surface area contributed by atoms with Crippen LogP contribution in [0.25, 0.3) is 0 Å². The summed E-state index contributed by atoms with van der Waals surface area (Å²) < 4.78 is 0. The normalized spacial score (nSPS) is 11.3. The quantitative estimate of drug-likeness (QED) is 0.903. The monoisotopic (exact) mass is 319 g/mol. The van der Waals surface area contributed by atoms with E-state index in [1.807, 2.05) is 27.7 Å². The Morgan fingerprint density at radius 1 is 1.27 bits per heavy atom. The molecule has 0 aliphatic rings. The number of hydrogen-bond acceptors (Lipinski definition) is 5. The molecule has 2 rings (SSSR count). The number of nitrogens with one attached hydrogen (secondary N) is 1. The molecule has 2 N–H and O–H groups in total. The number of aromatic nitrogens is 2. The number of rotatable bonds is 4. The second-order valence-corrected chi connectivity index (χ2v) is 6.68. The van der Waals surface area contributed by atoms with E-state index in [1.165, 1.54) is 18.3 Å². The highest BCUT2D eigenvalue weighted by atomic mass is 32.1. The summed E-state index contributed by atoms with van der Waals surface area (Å²) in [7, 11) is 0. The molecule has 0 saturated heterocycles. The number of aryl methyl sites for hydroxylation is 2. The van der Waals surface area contributed by atoms with Crippen molar-refractivity contribution in [2.45, 2.75) is 33.2 Å². The van der Waals surface area contributed by atoms with Crippen LogP contribution in [0.1, 0.15) is 50.3 Å². The van der Waals surface area contributed by atoms with Gasteiger partial charge in [0.15, 0.2) is 0 Å². The molecule has 2 aromatic heterocycles. The highest BCUT2D eigenvalue weighted by Gasteiger charge is 2.27. The molecular weight excluding hydrogens is 302 g/mol. The molecule has 7 heteroatoms. The fourth-order valence-electron chi connectivity index (χ4n) is 1.80. The maximum Gasteiger partial charge on any atom is 0.354 e. The smallest absolute Gasteiger partial charge is 0.354 e. The first-order valence-corrected chi connectivity index (χ1v) is 7.48. The highest BCUT2D eigenvalue weighted by molar-refractivity contribution is 7.11. The number of hydrogen-bond donors (Lipinski definition) is 2. The van der Waals surface area contributed by atoms with Crippen LogP contribution in [0.15, 0.2) is 18.3 Å².